The minimum Gasteiger partial charge on any atom is -0.426 e. The molecule has 3 saturated heterocycles. The molecule has 3 heterocycles. The summed E-state index contributed by atoms with van der Waals surface area (Å²) in [6.07, 6.45) is -5.91. The van der Waals surface area contributed by atoms with E-state index in [1.54, 1.807) is 30.4 Å². The van der Waals surface area contributed by atoms with Crippen molar-refractivity contribution < 1.29 is 48.3 Å². The number of benzene rings is 1. The number of halogens is 1. The predicted molar refractivity (Wildman–Crippen MR) is 161 cm³/mol. The number of aliphatic hydroxyl groups is 5. The quantitative estimate of drug-likeness (QED) is 0.0832. The molecule has 4 rings (SSSR count). The number of hydrogen-bond donors (Lipinski definition) is 5. The van der Waals surface area contributed by atoms with Crippen molar-refractivity contribution in [3.63, 3.8) is 0 Å². The number of ether oxygens (including phenoxy) is 3. The van der Waals surface area contributed by atoms with Gasteiger partial charge < -0.3 is 48.8 Å². The first-order valence-electron chi connectivity index (χ1n) is 14.4. The molecule has 3 fully saturated rings. The zero-order valence-corrected chi connectivity index (χ0v) is 25.3. The molecule has 0 radical (unpaired) electrons. The fourth-order valence-corrected chi connectivity index (χ4v) is 6.34. The number of nitroso groups, excluding NO2 is 2. The summed E-state index contributed by atoms with van der Waals surface area (Å²) >= 11 is 0.942. The van der Waals surface area contributed by atoms with E-state index in [-0.39, 0.29) is 17.6 Å². The minimum atomic E-state index is -1.81. The van der Waals surface area contributed by atoms with Gasteiger partial charge in [0, 0.05) is 12.2 Å². The van der Waals surface area contributed by atoms with E-state index in [0.717, 1.165) is 36.3 Å². The Balaban J connectivity index is 1.42. The highest BCUT2D eigenvalue weighted by atomic mass is 32.2. The minimum absolute atomic E-state index is 0.00198. The van der Waals surface area contributed by atoms with Crippen LogP contribution in [-0.4, -0.2) is 118 Å². The van der Waals surface area contributed by atoms with Crippen molar-refractivity contribution in [2.24, 2.45) is 10.4 Å². The second kappa shape index (κ2) is 16.2. The molecule has 14 nitrogen and oxygen atoms in total. The number of hydrogen-bond acceptors (Lipinski definition) is 15. The predicted octanol–water partition coefficient (Wildman–Crippen LogP) is 1.30. The fraction of sp³-hybridized carbons (Fsp3) is 0.586. The Hall–Kier alpha value is -2.80. The molecule has 248 valence electrons. The molecule has 0 saturated carbocycles. The smallest absolute Gasteiger partial charge is 0.187 e. The van der Waals surface area contributed by atoms with Crippen LogP contribution in [0.4, 0.5) is 10.1 Å². The van der Waals surface area contributed by atoms with E-state index >= 15 is 0 Å². The molecule has 0 amide bonds. The van der Waals surface area contributed by atoms with Crippen LogP contribution < -0.4 is 4.90 Å². The summed E-state index contributed by atoms with van der Waals surface area (Å²) in [5.74, 6) is 0.204. The molecule has 45 heavy (non-hydrogen) atoms. The summed E-state index contributed by atoms with van der Waals surface area (Å²) in [6, 6.07) is 3.25. The molecule has 0 bridgehead atoms. The topological polar surface area (TPSA) is 200 Å². The number of rotatable bonds is 14. The Morgan fingerprint density at radius 1 is 1.04 bits per heavy atom. The van der Waals surface area contributed by atoms with E-state index in [2.05, 4.69) is 21.8 Å². The van der Waals surface area contributed by atoms with E-state index in [4.69, 9.17) is 18.4 Å². The molecule has 5 N–H and O–H groups in total. The second-order valence-corrected chi connectivity index (χ2v) is 11.6. The number of allylic oxidation sites excluding steroid dienone is 3. The average Bonchev–Trinajstić information content (AvgIpc) is 3.02. The maximum Gasteiger partial charge on any atom is 0.187 e. The molecule has 16 heteroatoms. The van der Waals surface area contributed by atoms with E-state index in [1.165, 1.54) is 12.1 Å². The lowest BCUT2D eigenvalue weighted by atomic mass is 9.93. The Labute approximate surface area is 263 Å². The normalized spacial score (nSPS) is 35.8. The summed E-state index contributed by atoms with van der Waals surface area (Å²) in [5, 5.41) is 57.0. The zero-order valence-electron chi connectivity index (χ0n) is 24.4. The number of nitrogens with zero attached hydrogens (tertiary/aromatic N) is 3. The Morgan fingerprint density at radius 2 is 1.73 bits per heavy atom. The Bertz CT molecular complexity index is 1220. The molecule has 0 spiro atoms. The van der Waals surface area contributed by atoms with Crippen molar-refractivity contribution in [1.82, 2.24) is 0 Å². The van der Waals surface area contributed by atoms with Crippen LogP contribution in [0.3, 0.4) is 0 Å². The highest BCUT2D eigenvalue weighted by Crippen LogP contribution is 2.35. The van der Waals surface area contributed by atoms with E-state index in [0.29, 0.717) is 5.76 Å². The van der Waals surface area contributed by atoms with Crippen molar-refractivity contribution in [3.8, 4) is 0 Å². The van der Waals surface area contributed by atoms with Crippen molar-refractivity contribution >= 4 is 17.7 Å². The molecule has 1 aromatic carbocycles. The maximum atomic E-state index is 13.4. The highest BCUT2D eigenvalue weighted by molar-refractivity contribution is 7.94. The van der Waals surface area contributed by atoms with Crippen molar-refractivity contribution in [3.05, 3.63) is 76.0 Å². The SMILES string of the molecule is C=C/C=C\C(OSCC1OC(CO)C(OC2OC(CO)C(N=O)C(O)C2O)C(N=O)C1O)=C(C)C1CCN1c1ccc(F)cc1. The monoisotopic (exact) mass is 655 g/mol. The summed E-state index contributed by atoms with van der Waals surface area (Å²) < 4.78 is 36.4. The van der Waals surface area contributed by atoms with Gasteiger partial charge in [-0.05, 0) is 49.3 Å². The summed E-state index contributed by atoms with van der Waals surface area (Å²) in [4.78, 5) is 25.1. The van der Waals surface area contributed by atoms with Crippen LogP contribution in [0, 0.1) is 15.6 Å². The summed E-state index contributed by atoms with van der Waals surface area (Å²) in [5.41, 5.74) is 1.77. The van der Waals surface area contributed by atoms with Crippen molar-refractivity contribution in [2.45, 2.75) is 80.5 Å². The maximum absolute atomic E-state index is 13.4. The molecule has 3 aliphatic heterocycles. The van der Waals surface area contributed by atoms with Crippen LogP contribution in [-0.2, 0) is 18.4 Å². The van der Waals surface area contributed by atoms with Gasteiger partial charge in [-0.3, -0.25) is 0 Å². The largest absolute Gasteiger partial charge is 0.426 e. The average molecular weight is 656 g/mol. The molecular weight excluding hydrogens is 617 g/mol. The summed E-state index contributed by atoms with van der Waals surface area (Å²) in [6.45, 7) is 4.99. The van der Waals surface area contributed by atoms with Gasteiger partial charge in [-0.25, -0.2) is 4.39 Å². The van der Waals surface area contributed by atoms with Gasteiger partial charge in [0.2, 0.25) is 0 Å². The first-order valence-corrected chi connectivity index (χ1v) is 15.3. The molecular formula is C29H38FN3O11S. The van der Waals surface area contributed by atoms with Gasteiger partial charge in [0.15, 0.2) is 6.29 Å². The lowest BCUT2D eigenvalue weighted by Gasteiger charge is -2.45. The van der Waals surface area contributed by atoms with Crippen molar-refractivity contribution in [1.29, 1.82) is 0 Å². The van der Waals surface area contributed by atoms with Gasteiger partial charge in [-0.1, -0.05) is 29.1 Å². The van der Waals surface area contributed by atoms with Crippen LogP contribution >= 0.6 is 12.0 Å². The lowest BCUT2D eigenvalue weighted by molar-refractivity contribution is -0.314. The van der Waals surface area contributed by atoms with Crippen molar-refractivity contribution in [2.75, 3.05) is 30.4 Å². The number of aliphatic hydroxyl groups excluding tert-OH is 5. The van der Waals surface area contributed by atoms with Gasteiger partial charge in [-0.2, -0.15) is 9.81 Å². The van der Waals surface area contributed by atoms with Gasteiger partial charge in [0.05, 0.1) is 43.2 Å². The molecule has 0 aliphatic carbocycles. The van der Waals surface area contributed by atoms with Gasteiger partial charge in [0.1, 0.15) is 60.3 Å². The fourth-order valence-electron chi connectivity index (χ4n) is 5.55. The molecule has 0 aromatic heterocycles. The first kappa shape index (κ1) is 35.1. The molecule has 11 atom stereocenters. The Morgan fingerprint density at radius 3 is 2.31 bits per heavy atom. The Kier molecular flexibility index (Phi) is 12.6. The zero-order chi connectivity index (χ0) is 32.7. The van der Waals surface area contributed by atoms with E-state index in [9.17, 15) is 39.7 Å². The molecule has 3 aliphatic rings. The molecule has 11 unspecified atom stereocenters. The lowest BCUT2D eigenvalue weighted by Crippen LogP contribution is -2.64. The van der Waals surface area contributed by atoms with Gasteiger partial charge >= 0.3 is 0 Å². The summed E-state index contributed by atoms with van der Waals surface area (Å²) in [7, 11) is 0. The third-order valence-electron chi connectivity index (χ3n) is 8.18. The van der Waals surface area contributed by atoms with Gasteiger partial charge in [-0.15, -0.1) is 0 Å². The van der Waals surface area contributed by atoms with Gasteiger partial charge in [0.25, 0.3) is 0 Å². The van der Waals surface area contributed by atoms with Crippen LogP contribution in [0.5, 0.6) is 0 Å². The third kappa shape index (κ3) is 7.78. The first-order chi connectivity index (χ1) is 21.7. The van der Waals surface area contributed by atoms with E-state index in [1.807, 2.05) is 6.92 Å². The van der Waals surface area contributed by atoms with E-state index < -0.39 is 74.3 Å². The van der Waals surface area contributed by atoms with Crippen LogP contribution in [0.1, 0.15) is 13.3 Å². The third-order valence-corrected chi connectivity index (χ3v) is 8.94. The number of anilines is 1. The second-order valence-electron chi connectivity index (χ2n) is 10.9. The molecule has 1 aromatic rings. The van der Waals surface area contributed by atoms with Crippen LogP contribution in [0.15, 0.2) is 70.8 Å². The standard InChI is InChI=1S/C29H38FN3O11S/c1-3-4-5-19(15(2)18-10-11-33(18)17-8-6-16(30)7-9-17)44-45-14-22-25(36)24(32-40)28(21(13-35)41-22)43-29-27(38)26(37)23(31-39)20(12-34)42-29/h3-9,18,20-29,34-38H,1,10-14H2,2H3/b5-4-,19-15?. The van der Waals surface area contributed by atoms with Crippen LogP contribution in [0.2, 0.25) is 0 Å². The van der Waals surface area contributed by atoms with Crippen LogP contribution in [0.25, 0.3) is 0 Å². The highest BCUT2D eigenvalue weighted by Gasteiger charge is 2.52.